The fourth-order valence-corrected chi connectivity index (χ4v) is 6.14. The van der Waals surface area contributed by atoms with Gasteiger partial charge in [0.05, 0.1) is 16.4 Å². The van der Waals surface area contributed by atoms with Crippen LogP contribution in [-0.2, 0) is 4.79 Å². The summed E-state index contributed by atoms with van der Waals surface area (Å²) in [4.78, 5) is 33.5. The molecule has 0 radical (unpaired) electrons. The molecule has 0 saturated heterocycles. The molecule has 4 aromatic rings. The summed E-state index contributed by atoms with van der Waals surface area (Å²) in [5.41, 5.74) is 1.97. The molecule has 33 heavy (non-hydrogen) atoms. The second kappa shape index (κ2) is 7.87. The Balaban J connectivity index is 1.48. The van der Waals surface area contributed by atoms with Crippen molar-refractivity contribution in [3.8, 4) is 22.0 Å². The van der Waals surface area contributed by atoms with Gasteiger partial charge in [0, 0.05) is 24.6 Å². The molecule has 10 heteroatoms. The number of nitrogens with one attached hydrogen (secondary N) is 2. The number of hydrogen-bond donors (Lipinski definition) is 3. The highest BCUT2D eigenvalue weighted by molar-refractivity contribution is 7.13. The van der Waals surface area contributed by atoms with E-state index in [0.29, 0.717) is 27.4 Å². The molecule has 2 bridgehead atoms. The van der Waals surface area contributed by atoms with Crippen molar-refractivity contribution in [2.75, 3.05) is 5.32 Å². The van der Waals surface area contributed by atoms with Crippen LogP contribution in [0.5, 0.6) is 0 Å². The first kappa shape index (κ1) is 20.2. The molecule has 3 aliphatic rings. The van der Waals surface area contributed by atoms with Gasteiger partial charge >= 0.3 is 5.97 Å². The van der Waals surface area contributed by atoms with E-state index in [9.17, 15) is 9.90 Å². The average molecular weight is 465 g/mol. The van der Waals surface area contributed by atoms with Gasteiger partial charge in [-0.3, -0.25) is 9.78 Å². The number of carboxylic acids is 1. The third-order valence-corrected chi connectivity index (χ3v) is 7.84. The van der Waals surface area contributed by atoms with Gasteiger partial charge in [-0.05, 0) is 49.0 Å². The maximum atomic E-state index is 15.7. The summed E-state index contributed by atoms with van der Waals surface area (Å²) in [5, 5.41) is 15.0. The molecule has 0 amide bonds. The van der Waals surface area contributed by atoms with E-state index >= 15 is 4.39 Å². The van der Waals surface area contributed by atoms with Crippen LogP contribution in [0.4, 0.5) is 10.2 Å². The number of halogens is 1. The van der Waals surface area contributed by atoms with Crippen LogP contribution in [0, 0.1) is 23.6 Å². The molecule has 3 aliphatic carbocycles. The van der Waals surface area contributed by atoms with Crippen LogP contribution in [0.15, 0.2) is 36.1 Å². The van der Waals surface area contributed by atoms with E-state index in [1.165, 1.54) is 11.3 Å². The second-order valence-electron chi connectivity index (χ2n) is 8.70. The van der Waals surface area contributed by atoms with Crippen molar-refractivity contribution in [2.24, 2.45) is 17.8 Å². The summed E-state index contributed by atoms with van der Waals surface area (Å²) in [7, 11) is 0. The Morgan fingerprint density at radius 1 is 1.15 bits per heavy atom. The van der Waals surface area contributed by atoms with Crippen LogP contribution in [-0.4, -0.2) is 42.0 Å². The molecule has 168 valence electrons. The van der Waals surface area contributed by atoms with Gasteiger partial charge in [0.1, 0.15) is 11.2 Å². The first-order chi connectivity index (χ1) is 16.1. The number of fused-ring (bicyclic) bond motifs is 4. The van der Waals surface area contributed by atoms with Gasteiger partial charge in [-0.1, -0.05) is 6.07 Å². The summed E-state index contributed by atoms with van der Waals surface area (Å²) < 4.78 is 15.7. The van der Waals surface area contributed by atoms with Crippen molar-refractivity contribution >= 4 is 34.3 Å². The fourth-order valence-electron chi connectivity index (χ4n) is 5.43. The monoisotopic (exact) mass is 464 g/mol. The van der Waals surface area contributed by atoms with Crippen molar-refractivity contribution < 1.29 is 14.3 Å². The van der Waals surface area contributed by atoms with Gasteiger partial charge in [0.25, 0.3) is 0 Å². The topological polar surface area (TPSA) is 117 Å². The van der Waals surface area contributed by atoms with E-state index in [1.54, 1.807) is 24.7 Å². The van der Waals surface area contributed by atoms with E-state index in [0.717, 1.165) is 25.7 Å². The zero-order chi connectivity index (χ0) is 22.5. The van der Waals surface area contributed by atoms with Crippen LogP contribution in [0.2, 0.25) is 0 Å². The molecule has 0 aliphatic heterocycles. The highest BCUT2D eigenvalue weighted by atomic mass is 32.1. The maximum Gasteiger partial charge on any atom is 0.308 e. The van der Waals surface area contributed by atoms with Crippen LogP contribution >= 0.6 is 11.3 Å². The van der Waals surface area contributed by atoms with Crippen molar-refractivity contribution in [3.05, 3.63) is 41.9 Å². The first-order valence-electron chi connectivity index (χ1n) is 11.0. The molecule has 0 aromatic carbocycles. The molecular formula is C23H21FN6O2S. The number of anilines is 1. The SMILES string of the molecule is O=C(O)C1C2CCC(CC2)C1Nc1nc(-c2c[nH]c3nccnc23)nc(-c2cccs2)c1F. The van der Waals surface area contributed by atoms with Gasteiger partial charge < -0.3 is 15.4 Å². The molecule has 7 rings (SSSR count). The molecule has 3 N–H and O–H groups in total. The minimum absolute atomic E-state index is 0.0328. The number of rotatable bonds is 5. The summed E-state index contributed by atoms with van der Waals surface area (Å²) in [5.74, 6) is -1.33. The fraction of sp³-hybridized carbons (Fsp3) is 0.348. The summed E-state index contributed by atoms with van der Waals surface area (Å²) in [6.07, 6.45) is 8.59. The normalized spacial score (nSPS) is 24.3. The second-order valence-corrected chi connectivity index (χ2v) is 9.65. The van der Waals surface area contributed by atoms with Crippen molar-refractivity contribution in [1.29, 1.82) is 0 Å². The number of aliphatic carboxylic acids is 1. The van der Waals surface area contributed by atoms with Crippen LogP contribution < -0.4 is 5.32 Å². The summed E-state index contributed by atoms with van der Waals surface area (Å²) in [6.45, 7) is 0. The molecular weight excluding hydrogens is 443 g/mol. The molecule has 4 heterocycles. The number of hydrogen-bond acceptors (Lipinski definition) is 7. The number of aromatic amines is 1. The van der Waals surface area contributed by atoms with Crippen molar-refractivity contribution in [3.63, 3.8) is 0 Å². The van der Waals surface area contributed by atoms with Crippen LogP contribution in [0.25, 0.3) is 33.1 Å². The Bertz CT molecular complexity index is 1330. The molecule has 8 nitrogen and oxygen atoms in total. The van der Waals surface area contributed by atoms with E-state index < -0.39 is 17.7 Å². The summed E-state index contributed by atoms with van der Waals surface area (Å²) in [6, 6.07) is 3.28. The number of aromatic nitrogens is 5. The van der Waals surface area contributed by atoms with Gasteiger partial charge in [0.2, 0.25) is 0 Å². The largest absolute Gasteiger partial charge is 0.481 e. The van der Waals surface area contributed by atoms with Crippen LogP contribution in [0.3, 0.4) is 0 Å². The lowest BCUT2D eigenvalue weighted by Crippen LogP contribution is -2.51. The van der Waals surface area contributed by atoms with Gasteiger partial charge in [-0.15, -0.1) is 11.3 Å². The Kier molecular flexibility index (Phi) is 4.83. The molecule has 4 aromatic heterocycles. The molecule has 2 unspecified atom stereocenters. The van der Waals surface area contributed by atoms with E-state index in [4.69, 9.17) is 0 Å². The lowest BCUT2D eigenvalue weighted by Gasteiger charge is -2.47. The Hall–Kier alpha value is -3.40. The zero-order valence-corrected chi connectivity index (χ0v) is 18.3. The Morgan fingerprint density at radius 3 is 2.70 bits per heavy atom. The minimum atomic E-state index is -0.832. The number of carboxylic acid groups (broad SMARTS) is 1. The predicted molar refractivity (Wildman–Crippen MR) is 122 cm³/mol. The first-order valence-corrected chi connectivity index (χ1v) is 11.9. The Labute approximate surface area is 192 Å². The van der Waals surface area contributed by atoms with E-state index in [-0.39, 0.29) is 29.4 Å². The number of nitrogens with zero attached hydrogens (tertiary/aromatic N) is 4. The van der Waals surface area contributed by atoms with Gasteiger partial charge in [-0.2, -0.15) is 0 Å². The highest BCUT2D eigenvalue weighted by Crippen LogP contribution is 2.46. The predicted octanol–water partition coefficient (Wildman–Crippen LogP) is 4.58. The average Bonchev–Trinajstić information content (AvgIpc) is 3.51. The molecule has 2 atom stereocenters. The van der Waals surface area contributed by atoms with Crippen LogP contribution in [0.1, 0.15) is 25.7 Å². The van der Waals surface area contributed by atoms with Crippen molar-refractivity contribution in [2.45, 2.75) is 31.7 Å². The smallest absolute Gasteiger partial charge is 0.308 e. The standard InChI is InChI=1S/C23H21FN6O2S/c24-16-19(14-2-1-9-33-14)29-20(13-10-27-22-18(13)25-7-8-26-22)30-21(16)28-17-12-5-3-11(4-6-12)15(17)23(31)32/h1-2,7-12,15,17H,3-6H2,(H,26,27)(H,31,32)(H,28,29,30). The highest BCUT2D eigenvalue weighted by Gasteiger charge is 2.47. The van der Waals surface area contributed by atoms with E-state index in [1.807, 2.05) is 11.4 Å². The molecule has 3 saturated carbocycles. The van der Waals surface area contributed by atoms with Gasteiger partial charge in [0.15, 0.2) is 23.1 Å². The van der Waals surface area contributed by atoms with Crippen molar-refractivity contribution in [1.82, 2.24) is 24.9 Å². The number of H-pyrrole nitrogens is 1. The quantitative estimate of drug-likeness (QED) is 0.396. The lowest BCUT2D eigenvalue weighted by atomic mass is 9.61. The minimum Gasteiger partial charge on any atom is -0.481 e. The number of carbonyl (C=O) groups is 1. The number of thiophene rings is 1. The third kappa shape index (κ3) is 3.36. The van der Waals surface area contributed by atoms with Gasteiger partial charge in [-0.25, -0.2) is 19.3 Å². The Morgan fingerprint density at radius 2 is 1.94 bits per heavy atom. The lowest BCUT2D eigenvalue weighted by molar-refractivity contribution is -0.148. The maximum absolute atomic E-state index is 15.7. The molecule has 3 fully saturated rings. The molecule has 0 spiro atoms. The third-order valence-electron chi connectivity index (χ3n) is 6.96. The summed E-state index contributed by atoms with van der Waals surface area (Å²) >= 11 is 1.38. The zero-order valence-electron chi connectivity index (χ0n) is 17.5. The van der Waals surface area contributed by atoms with E-state index in [2.05, 4.69) is 30.2 Å².